The Morgan fingerprint density at radius 1 is 0.882 bits per heavy atom. The number of hydrogen-bond donors (Lipinski definition) is 4. The summed E-state index contributed by atoms with van der Waals surface area (Å²) in [6.45, 7) is 4.37. The van der Waals surface area contributed by atoms with Gasteiger partial charge in [0.2, 0.25) is 5.91 Å². The molecule has 0 saturated carbocycles. The average molecular weight is 514 g/mol. The molecular weight excluding hydrogens is 474 g/mol. The molecular formula is C20H39N3O10S. The van der Waals surface area contributed by atoms with Crippen molar-refractivity contribution in [3.63, 3.8) is 0 Å². The Bertz CT molecular complexity index is 676. The van der Waals surface area contributed by atoms with Gasteiger partial charge in [0, 0.05) is 25.6 Å². The first kappa shape index (κ1) is 32.5. The van der Waals surface area contributed by atoms with Crippen molar-refractivity contribution in [1.29, 1.82) is 0 Å². The van der Waals surface area contributed by atoms with Gasteiger partial charge in [0.1, 0.15) is 13.2 Å². The molecule has 4 N–H and O–H groups in total. The van der Waals surface area contributed by atoms with Gasteiger partial charge in [-0.15, -0.1) is 0 Å². The van der Waals surface area contributed by atoms with Crippen LogP contribution in [0.15, 0.2) is 0 Å². The molecule has 1 unspecified atom stereocenters. The van der Waals surface area contributed by atoms with Gasteiger partial charge in [-0.3, -0.25) is 18.9 Å². The number of hydrogen-bond acceptors (Lipinski definition) is 11. The topological polar surface area (TPSA) is 179 Å². The van der Waals surface area contributed by atoms with Crippen molar-refractivity contribution >= 4 is 27.6 Å². The highest BCUT2D eigenvalue weighted by Gasteiger charge is 2.16. The lowest BCUT2D eigenvalue weighted by Crippen LogP contribution is -2.35. The average Bonchev–Trinajstić information content (AvgIpc) is 2.76. The highest BCUT2D eigenvalue weighted by molar-refractivity contribution is 7.85. The minimum atomic E-state index is -4.10. The van der Waals surface area contributed by atoms with E-state index in [0.29, 0.717) is 26.4 Å². The molecule has 1 amide bonds. The van der Waals surface area contributed by atoms with Gasteiger partial charge in [-0.05, 0) is 20.4 Å². The molecule has 13 nitrogen and oxygen atoms in total. The van der Waals surface area contributed by atoms with E-state index in [1.54, 1.807) is 7.05 Å². The zero-order chi connectivity index (χ0) is 25.7. The Kier molecular flexibility index (Phi) is 19.9. The lowest BCUT2D eigenvalue weighted by Gasteiger charge is -2.14. The van der Waals surface area contributed by atoms with Crippen LogP contribution in [0.25, 0.3) is 0 Å². The molecule has 0 rings (SSSR count). The van der Waals surface area contributed by atoms with Crippen molar-refractivity contribution in [2.75, 3.05) is 85.3 Å². The van der Waals surface area contributed by atoms with E-state index in [1.807, 2.05) is 0 Å². The molecule has 200 valence electrons. The first-order valence-electron chi connectivity index (χ1n) is 11.1. The number of carbonyl (C=O) groups is 3. The first-order valence-corrected chi connectivity index (χ1v) is 12.7. The van der Waals surface area contributed by atoms with E-state index in [9.17, 15) is 22.8 Å². The van der Waals surface area contributed by atoms with E-state index in [4.69, 9.17) is 23.5 Å². The quantitative estimate of drug-likeness (QED) is 0.0839. The van der Waals surface area contributed by atoms with Gasteiger partial charge in [0.25, 0.3) is 10.1 Å². The highest BCUT2D eigenvalue weighted by atomic mass is 32.2. The van der Waals surface area contributed by atoms with E-state index in [2.05, 4.69) is 16.0 Å². The molecule has 0 aromatic carbocycles. The summed E-state index contributed by atoms with van der Waals surface area (Å²) in [7, 11) is -2.54. The smallest absolute Gasteiger partial charge is 0.266 e. The van der Waals surface area contributed by atoms with Gasteiger partial charge in [-0.1, -0.05) is 0 Å². The van der Waals surface area contributed by atoms with Crippen molar-refractivity contribution in [2.24, 2.45) is 0 Å². The van der Waals surface area contributed by atoms with Crippen molar-refractivity contribution < 1.29 is 46.3 Å². The van der Waals surface area contributed by atoms with Crippen LogP contribution in [-0.2, 0) is 43.4 Å². The molecule has 1 atom stereocenters. The molecule has 0 spiro atoms. The third-order valence-corrected chi connectivity index (χ3v) is 4.99. The molecule has 0 saturated heterocycles. The second-order valence-corrected chi connectivity index (χ2v) is 8.87. The molecule has 0 aromatic heterocycles. The van der Waals surface area contributed by atoms with E-state index in [-0.39, 0.29) is 76.4 Å². The van der Waals surface area contributed by atoms with Gasteiger partial charge in [-0.2, -0.15) is 8.42 Å². The molecule has 14 heteroatoms. The fourth-order valence-electron chi connectivity index (χ4n) is 2.49. The minimum absolute atomic E-state index is 0.0354. The van der Waals surface area contributed by atoms with Crippen molar-refractivity contribution in [3.05, 3.63) is 0 Å². The fourth-order valence-corrected chi connectivity index (χ4v) is 3.33. The second kappa shape index (κ2) is 20.8. The zero-order valence-corrected chi connectivity index (χ0v) is 20.8. The third kappa shape index (κ3) is 23.6. The Balaban J connectivity index is 3.48. The van der Waals surface area contributed by atoms with Crippen LogP contribution in [0.2, 0.25) is 0 Å². The van der Waals surface area contributed by atoms with E-state index in [0.717, 1.165) is 0 Å². The molecule has 34 heavy (non-hydrogen) atoms. The molecule has 0 fully saturated rings. The van der Waals surface area contributed by atoms with Crippen LogP contribution in [0.5, 0.6) is 0 Å². The van der Waals surface area contributed by atoms with E-state index >= 15 is 0 Å². The lowest BCUT2D eigenvalue weighted by molar-refractivity contribution is -0.124. The maximum atomic E-state index is 11.7. The van der Waals surface area contributed by atoms with Crippen LogP contribution in [-0.4, -0.2) is 122 Å². The fraction of sp³-hybridized carbons (Fsp3) is 0.850. The normalized spacial score (nSPS) is 12.4. The van der Waals surface area contributed by atoms with Gasteiger partial charge >= 0.3 is 0 Å². The Labute approximate surface area is 201 Å². The Morgan fingerprint density at radius 2 is 1.47 bits per heavy atom. The molecule has 0 aliphatic heterocycles. The highest BCUT2D eigenvalue weighted by Crippen LogP contribution is 2.00. The molecule has 0 aliphatic rings. The van der Waals surface area contributed by atoms with Crippen LogP contribution in [0.4, 0.5) is 0 Å². The summed E-state index contributed by atoms with van der Waals surface area (Å²) in [5.74, 6) is -0.842. The summed E-state index contributed by atoms with van der Waals surface area (Å²) in [4.78, 5) is 34.1. The maximum absolute atomic E-state index is 11.7. The lowest BCUT2D eigenvalue weighted by atomic mass is 10.2. The number of amides is 1. The van der Waals surface area contributed by atoms with Crippen molar-refractivity contribution in [1.82, 2.24) is 16.0 Å². The number of ketones is 2. The van der Waals surface area contributed by atoms with Gasteiger partial charge < -0.3 is 34.9 Å². The SMILES string of the molecule is CNC(CCC(=O)NCCOCCOCC(=O)CNCCOCCOCC(C)=O)CS(=O)(=O)O. The van der Waals surface area contributed by atoms with Crippen LogP contribution in [0.1, 0.15) is 19.8 Å². The summed E-state index contributed by atoms with van der Waals surface area (Å²) in [5, 5.41) is 8.33. The van der Waals surface area contributed by atoms with Crippen molar-refractivity contribution in [3.8, 4) is 0 Å². The number of nitrogens with one attached hydrogen (secondary N) is 3. The van der Waals surface area contributed by atoms with E-state index in [1.165, 1.54) is 6.92 Å². The summed E-state index contributed by atoms with van der Waals surface area (Å²) in [6.07, 6.45) is 0.381. The summed E-state index contributed by atoms with van der Waals surface area (Å²) < 4.78 is 51.5. The van der Waals surface area contributed by atoms with Crippen LogP contribution in [0, 0.1) is 0 Å². The first-order chi connectivity index (χ1) is 16.1. The van der Waals surface area contributed by atoms with Crippen molar-refractivity contribution in [2.45, 2.75) is 25.8 Å². The summed E-state index contributed by atoms with van der Waals surface area (Å²) in [5.41, 5.74) is 0. The molecule has 0 heterocycles. The number of ether oxygens (including phenoxy) is 4. The minimum Gasteiger partial charge on any atom is -0.378 e. The van der Waals surface area contributed by atoms with Crippen LogP contribution in [0.3, 0.4) is 0 Å². The molecule has 0 aromatic rings. The standard InChI is InChI=1S/C20H39N3O10S/c1-17(24)14-32-11-9-30-7-5-22-13-19(25)15-33-12-10-31-8-6-23-20(26)4-3-18(21-2)16-34(27,28)29/h18,21-22H,3-16H2,1-2H3,(H,23,26)(H,27,28,29). The van der Waals surface area contributed by atoms with Gasteiger partial charge in [-0.25, -0.2) is 0 Å². The monoisotopic (exact) mass is 513 g/mol. The number of rotatable bonds is 24. The zero-order valence-electron chi connectivity index (χ0n) is 20.0. The van der Waals surface area contributed by atoms with Gasteiger partial charge in [0.05, 0.1) is 51.9 Å². The molecule has 0 bridgehead atoms. The second-order valence-electron chi connectivity index (χ2n) is 7.37. The Hall–Kier alpha value is -1.52. The van der Waals surface area contributed by atoms with Gasteiger partial charge in [0.15, 0.2) is 11.6 Å². The number of Topliss-reactive ketones (excluding diaryl/α,β-unsaturated/α-hetero) is 2. The largest absolute Gasteiger partial charge is 0.378 e. The predicted molar refractivity (Wildman–Crippen MR) is 123 cm³/mol. The third-order valence-electron chi connectivity index (χ3n) is 4.17. The maximum Gasteiger partial charge on any atom is 0.266 e. The predicted octanol–water partition coefficient (Wildman–Crippen LogP) is -1.83. The summed E-state index contributed by atoms with van der Waals surface area (Å²) in [6, 6.07) is -0.509. The van der Waals surface area contributed by atoms with E-state index < -0.39 is 21.9 Å². The summed E-state index contributed by atoms with van der Waals surface area (Å²) >= 11 is 0. The Morgan fingerprint density at radius 3 is 2.06 bits per heavy atom. The van der Waals surface area contributed by atoms with Crippen LogP contribution < -0.4 is 16.0 Å². The molecule has 0 aliphatic carbocycles. The number of carbonyl (C=O) groups excluding carboxylic acids is 3. The molecule has 0 radical (unpaired) electrons. The van der Waals surface area contributed by atoms with Crippen LogP contribution >= 0.6 is 0 Å².